The van der Waals surface area contributed by atoms with Gasteiger partial charge in [-0.3, -0.25) is 14.9 Å². The number of nitro benzene ring substituents is 1. The third kappa shape index (κ3) is 7.76. The Kier molecular flexibility index (Phi) is 9.99. The predicted molar refractivity (Wildman–Crippen MR) is 144 cm³/mol. The number of phenolic OH excluding ortho intramolecular Hbond substituents is 1. The molecular formula is C27H31N3O8S. The zero-order valence-corrected chi connectivity index (χ0v) is 22.6. The van der Waals surface area contributed by atoms with Crippen molar-refractivity contribution in [1.82, 2.24) is 9.62 Å². The largest absolute Gasteiger partial charge is 0.508 e. The summed E-state index contributed by atoms with van der Waals surface area (Å²) in [5.41, 5.74) is 1.38. The van der Waals surface area contributed by atoms with Crippen molar-refractivity contribution in [2.45, 2.75) is 29.8 Å². The minimum Gasteiger partial charge on any atom is -0.508 e. The average molecular weight is 558 g/mol. The summed E-state index contributed by atoms with van der Waals surface area (Å²) in [7, 11) is 0.200. The molecule has 208 valence electrons. The highest BCUT2D eigenvalue weighted by atomic mass is 32.2. The Hall–Kier alpha value is -4.00. The average Bonchev–Trinajstić information content (AvgIpc) is 2.95. The Labute approximate surface area is 227 Å². The number of esters is 1. The van der Waals surface area contributed by atoms with Gasteiger partial charge in [-0.2, -0.15) is 4.31 Å². The number of methoxy groups -OCH3 is 2. The van der Waals surface area contributed by atoms with E-state index in [-0.39, 0.29) is 29.3 Å². The number of hydrogen-bond acceptors (Lipinski definition) is 9. The van der Waals surface area contributed by atoms with E-state index >= 15 is 0 Å². The molecule has 0 spiro atoms. The zero-order valence-electron chi connectivity index (χ0n) is 21.8. The molecule has 0 aromatic heterocycles. The molecule has 0 fully saturated rings. The Morgan fingerprint density at radius 3 is 2.08 bits per heavy atom. The van der Waals surface area contributed by atoms with Crippen LogP contribution in [0.4, 0.5) is 5.69 Å². The highest BCUT2D eigenvalue weighted by Crippen LogP contribution is 2.22. The summed E-state index contributed by atoms with van der Waals surface area (Å²) in [6, 6.07) is 16.8. The second kappa shape index (κ2) is 13.2. The summed E-state index contributed by atoms with van der Waals surface area (Å²) in [6.45, 7) is 0.0828. The van der Waals surface area contributed by atoms with Crippen molar-refractivity contribution in [3.63, 3.8) is 0 Å². The van der Waals surface area contributed by atoms with Crippen LogP contribution in [0.2, 0.25) is 0 Å². The molecule has 0 aliphatic heterocycles. The lowest BCUT2D eigenvalue weighted by Gasteiger charge is -2.29. The van der Waals surface area contributed by atoms with Gasteiger partial charge in [0.25, 0.3) is 5.69 Å². The fourth-order valence-electron chi connectivity index (χ4n) is 3.99. The van der Waals surface area contributed by atoms with Crippen molar-refractivity contribution in [1.29, 1.82) is 0 Å². The number of non-ortho nitro benzene ring substituents is 1. The number of nitrogens with one attached hydrogen (secondary N) is 1. The fraction of sp³-hybridized carbons (Fsp3) is 0.296. The van der Waals surface area contributed by atoms with Crippen molar-refractivity contribution in [3.05, 3.63) is 94.0 Å². The van der Waals surface area contributed by atoms with E-state index < -0.39 is 33.0 Å². The molecule has 2 atom stereocenters. The van der Waals surface area contributed by atoms with E-state index in [9.17, 15) is 28.4 Å². The van der Waals surface area contributed by atoms with Crippen LogP contribution in [0.25, 0.3) is 0 Å². The molecule has 0 aliphatic carbocycles. The summed E-state index contributed by atoms with van der Waals surface area (Å²) < 4.78 is 38.3. The highest BCUT2D eigenvalue weighted by Gasteiger charge is 2.30. The van der Waals surface area contributed by atoms with Crippen molar-refractivity contribution in [3.8, 4) is 11.5 Å². The molecule has 3 aromatic carbocycles. The molecule has 0 unspecified atom stereocenters. The van der Waals surface area contributed by atoms with E-state index in [1.165, 1.54) is 42.7 Å². The van der Waals surface area contributed by atoms with Crippen molar-refractivity contribution >= 4 is 21.7 Å². The van der Waals surface area contributed by atoms with Crippen LogP contribution in [-0.4, -0.2) is 68.6 Å². The first-order chi connectivity index (χ1) is 18.5. The van der Waals surface area contributed by atoms with E-state index in [4.69, 9.17) is 9.47 Å². The van der Waals surface area contributed by atoms with Crippen LogP contribution in [0.15, 0.2) is 77.7 Å². The van der Waals surface area contributed by atoms with Crippen molar-refractivity contribution in [2.24, 2.45) is 0 Å². The number of nitrogens with zero attached hydrogens (tertiary/aromatic N) is 2. The van der Waals surface area contributed by atoms with Crippen molar-refractivity contribution < 1.29 is 32.7 Å². The number of hydrogen-bond donors (Lipinski definition) is 2. The van der Waals surface area contributed by atoms with Crippen LogP contribution in [0.5, 0.6) is 11.5 Å². The van der Waals surface area contributed by atoms with Crippen LogP contribution in [-0.2, 0) is 32.4 Å². The van der Waals surface area contributed by atoms with Gasteiger partial charge in [0.05, 0.1) is 24.0 Å². The molecule has 0 radical (unpaired) electrons. The third-order valence-corrected chi connectivity index (χ3v) is 8.26. The molecule has 2 N–H and O–H groups in total. The van der Waals surface area contributed by atoms with Gasteiger partial charge in [0.1, 0.15) is 17.5 Å². The maximum atomic E-state index is 13.5. The second-order valence-electron chi connectivity index (χ2n) is 8.83. The predicted octanol–water partition coefficient (Wildman–Crippen LogP) is 2.91. The van der Waals surface area contributed by atoms with Gasteiger partial charge in [-0.25, -0.2) is 8.42 Å². The monoisotopic (exact) mass is 557 g/mol. The SMILES string of the molecule is COC(=O)[C@H](Cc1ccc(OC)cc1)NC[C@H](Cc1ccc(O)cc1)N(C)S(=O)(=O)c1ccc([N+](=O)[O-])cc1. The fourth-order valence-corrected chi connectivity index (χ4v) is 5.35. The van der Waals surface area contributed by atoms with Crippen LogP contribution in [0.1, 0.15) is 11.1 Å². The summed E-state index contributed by atoms with van der Waals surface area (Å²) in [6.07, 6.45) is 0.549. The molecule has 3 rings (SSSR count). The summed E-state index contributed by atoms with van der Waals surface area (Å²) in [5, 5.41) is 23.8. The molecule has 0 amide bonds. The van der Waals surface area contributed by atoms with Gasteiger partial charge >= 0.3 is 5.97 Å². The minimum atomic E-state index is -4.06. The molecule has 12 heteroatoms. The topological polar surface area (TPSA) is 148 Å². The van der Waals surface area contributed by atoms with Gasteiger partial charge in [0, 0.05) is 31.8 Å². The normalized spacial score (nSPS) is 13.0. The van der Waals surface area contributed by atoms with E-state index in [1.807, 2.05) is 12.1 Å². The first-order valence-corrected chi connectivity index (χ1v) is 13.4. The quantitative estimate of drug-likeness (QED) is 0.184. The van der Waals surface area contributed by atoms with Crippen LogP contribution in [0.3, 0.4) is 0 Å². The smallest absolute Gasteiger partial charge is 0.323 e. The number of nitro groups is 1. The van der Waals surface area contributed by atoms with Gasteiger partial charge in [0.2, 0.25) is 10.0 Å². The number of benzene rings is 3. The second-order valence-corrected chi connectivity index (χ2v) is 10.8. The summed E-state index contributed by atoms with van der Waals surface area (Å²) in [5.74, 6) is 0.244. The van der Waals surface area contributed by atoms with E-state index in [1.54, 1.807) is 31.4 Å². The van der Waals surface area contributed by atoms with Gasteiger partial charge in [-0.1, -0.05) is 24.3 Å². The van der Waals surface area contributed by atoms with Gasteiger partial charge in [-0.15, -0.1) is 0 Å². The maximum Gasteiger partial charge on any atom is 0.323 e. The lowest BCUT2D eigenvalue weighted by molar-refractivity contribution is -0.384. The summed E-state index contributed by atoms with van der Waals surface area (Å²) in [4.78, 5) is 22.9. The summed E-state index contributed by atoms with van der Waals surface area (Å²) >= 11 is 0. The number of carbonyl (C=O) groups is 1. The maximum absolute atomic E-state index is 13.5. The number of sulfonamides is 1. The van der Waals surface area contributed by atoms with Gasteiger partial charge < -0.3 is 19.9 Å². The first kappa shape index (κ1) is 29.6. The molecule has 3 aromatic rings. The molecule has 0 bridgehead atoms. The molecule has 11 nitrogen and oxygen atoms in total. The number of phenols is 1. The molecule has 39 heavy (non-hydrogen) atoms. The Balaban J connectivity index is 1.86. The van der Waals surface area contributed by atoms with E-state index in [0.29, 0.717) is 12.2 Å². The number of rotatable bonds is 13. The highest BCUT2D eigenvalue weighted by molar-refractivity contribution is 7.89. The number of carbonyl (C=O) groups excluding carboxylic acids is 1. The Morgan fingerprint density at radius 2 is 1.54 bits per heavy atom. The molecule has 0 aliphatic rings. The molecular weight excluding hydrogens is 526 g/mol. The van der Waals surface area contributed by atoms with Crippen LogP contribution >= 0.6 is 0 Å². The lowest BCUT2D eigenvalue weighted by atomic mass is 10.0. The van der Waals surface area contributed by atoms with Crippen molar-refractivity contribution in [2.75, 3.05) is 27.8 Å². The standard InChI is InChI=1S/C27H31N3O8S/c1-29(39(35,36)25-14-8-21(9-15-25)30(33)34)22(16-19-4-10-23(31)11-5-19)18-28-26(27(32)38-3)17-20-6-12-24(37-2)13-7-20/h4-15,22,26,28,31H,16-18H2,1-3H3/t22-,26-/m0/s1. The lowest BCUT2D eigenvalue weighted by Crippen LogP contribution is -2.49. The molecule has 0 heterocycles. The zero-order chi connectivity index (χ0) is 28.6. The minimum absolute atomic E-state index is 0.0746. The Morgan fingerprint density at radius 1 is 0.974 bits per heavy atom. The van der Waals surface area contributed by atoms with E-state index in [0.717, 1.165) is 23.3 Å². The van der Waals surface area contributed by atoms with Gasteiger partial charge in [0.15, 0.2) is 0 Å². The molecule has 0 saturated heterocycles. The van der Waals surface area contributed by atoms with Crippen LogP contribution in [0, 0.1) is 10.1 Å². The number of likely N-dealkylation sites (N-methyl/N-ethyl adjacent to an activating group) is 1. The molecule has 0 saturated carbocycles. The first-order valence-electron chi connectivity index (χ1n) is 12.0. The Bertz CT molecular complexity index is 1360. The third-order valence-electron chi connectivity index (χ3n) is 6.33. The number of ether oxygens (including phenoxy) is 2. The van der Waals surface area contributed by atoms with E-state index in [2.05, 4.69) is 5.32 Å². The number of aromatic hydroxyl groups is 1. The van der Waals surface area contributed by atoms with Gasteiger partial charge in [-0.05, 0) is 60.4 Å². The van der Waals surface area contributed by atoms with Crippen LogP contribution < -0.4 is 10.1 Å².